The van der Waals surface area contributed by atoms with Gasteiger partial charge in [-0.15, -0.1) is 0 Å². The van der Waals surface area contributed by atoms with Gasteiger partial charge in [0.15, 0.2) is 0 Å². The standard InChI is InChI=1S/C6H5BrO4/c7-4(3-6(10)11)1-2-5(8)9/h1-3H,(H,8,9)(H,10,11)/b2-1?,4-3+. The molecule has 0 rings (SSSR count). The summed E-state index contributed by atoms with van der Waals surface area (Å²) in [4.78, 5) is 19.9. The molecule has 0 saturated carbocycles. The van der Waals surface area contributed by atoms with E-state index in [1.165, 1.54) is 0 Å². The van der Waals surface area contributed by atoms with Crippen LogP contribution in [0.3, 0.4) is 0 Å². The highest BCUT2D eigenvalue weighted by Crippen LogP contribution is 2.05. The predicted octanol–water partition coefficient (Wildman–Crippen LogP) is 0.991. The molecule has 11 heavy (non-hydrogen) atoms. The summed E-state index contributed by atoms with van der Waals surface area (Å²) < 4.78 is 0.201. The average molecular weight is 221 g/mol. The van der Waals surface area contributed by atoms with Gasteiger partial charge in [-0.3, -0.25) is 0 Å². The first-order valence-corrected chi connectivity index (χ1v) is 3.33. The molecule has 0 aromatic carbocycles. The third-order valence-electron chi connectivity index (χ3n) is 0.646. The van der Waals surface area contributed by atoms with Crippen molar-refractivity contribution in [3.8, 4) is 0 Å². The summed E-state index contributed by atoms with van der Waals surface area (Å²) in [6, 6.07) is 0. The van der Waals surface area contributed by atoms with E-state index in [9.17, 15) is 9.59 Å². The van der Waals surface area contributed by atoms with Crippen molar-refractivity contribution in [1.82, 2.24) is 0 Å². The molecule has 2 N–H and O–H groups in total. The number of aliphatic carboxylic acids is 2. The van der Waals surface area contributed by atoms with Crippen molar-refractivity contribution < 1.29 is 19.8 Å². The highest BCUT2D eigenvalue weighted by atomic mass is 79.9. The van der Waals surface area contributed by atoms with E-state index in [1.54, 1.807) is 0 Å². The smallest absolute Gasteiger partial charge is 0.329 e. The SMILES string of the molecule is O=C(O)C=C/C(Br)=C\C(=O)O. The second kappa shape index (κ2) is 4.68. The van der Waals surface area contributed by atoms with Crippen LogP contribution < -0.4 is 0 Å². The van der Waals surface area contributed by atoms with Crippen LogP contribution in [0.4, 0.5) is 0 Å². The molecule has 0 amide bonds. The second-order valence-corrected chi connectivity index (χ2v) is 2.45. The van der Waals surface area contributed by atoms with E-state index in [-0.39, 0.29) is 4.48 Å². The summed E-state index contributed by atoms with van der Waals surface area (Å²) in [6.07, 6.45) is 2.82. The largest absolute Gasteiger partial charge is 0.478 e. The van der Waals surface area contributed by atoms with Gasteiger partial charge in [0.1, 0.15) is 0 Å². The molecule has 0 aliphatic carbocycles. The number of rotatable bonds is 3. The molecule has 0 aromatic rings. The number of allylic oxidation sites excluding steroid dienone is 2. The minimum Gasteiger partial charge on any atom is -0.478 e. The fourth-order valence-corrected chi connectivity index (χ4v) is 0.645. The van der Waals surface area contributed by atoms with Gasteiger partial charge >= 0.3 is 11.9 Å². The Hall–Kier alpha value is -1.10. The number of hydrogen-bond donors (Lipinski definition) is 2. The summed E-state index contributed by atoms with van der Waals surface area (Å²) in [7, 11) is 0. The summed E-state index contributed by atoms with van der Waals surface area (Å²) >= 11 is 2.84. The van der Waals surface area contributed by atoms with Crippen LogP contribution in [0.2, 0.25) is 0 Å². The lowest BCUT2D eigenvalue weighted by Crippen LogP contribution is -1.88. The Kier molecular flexibility index (Phi) is 4.21. The van der Waals surface area contributed by atoms with E-state index in [0.29, 0.717) is 0 Å². The van der Waals surface area contributed by atoms with Gasteiger partial charge in [0.05, 0.1) is 0 Å². The predicted molar refractivity (Wildman–Crippen MR) is 41.4 cm³/mol. The minimum absolute atomic E-state index is 0.201. The van der Waals surface area contributed by atoms with E-state index >= 15 is 0 Å². The maximum atomic E-state index is 9.97. The maximum absolute atomic E-state index is 9.97. The molecule has 0 aliphatic heterocycles. The molecule has 0 spiro atoms. The van der Waals surface area contributed by atoms with Crippen LogP contribution in [-0.4, -0.2) is 22.2 Å². The van der Waals surface area contributed by atoms with E-state index in [1.807, 2.05) is 0 Å². The monoisotopic (exact) mass is 220 g/mol. The number of halogens is 1. The van der Waals surface area contributed by atoms with Crippen molar-refractivity contribution in [3.05, 3.63) is 22.7 Å². The van der Waals surface area contributed by atoms with Gasteiger partial charge < -0.3 is 10.2 Å². The molecule has 60 valence electrons. The Morgan fingerprint density at radius 2 is 1.64 bits per heavy atom. The van der Waals surface area contributed by atoms with Crippen LogP contribution in [0.25, 0.3) is 0 Å². The van der Waals surface area contributed by atoms with E-state index in [4.69, 9.17) is 10.2 Å². The Morgan fingerprint density at radius 1 is 1.09 bits per heavy atom. The molecule has 0 heterocycles. The average Bonchev–Trinajstić information content (AvgIpc) is 1.82. The normalized spacial score (nSPS) is 11.9. The van der Waals surface area contributed by atoms with Crippen molar-refractivity contribution in [2.45, 2.75) is 0 Å². The molecule has 0 aromatic heterocycles. The van der Waals surface area contributed by atoms with Crippen molar-refractivity contribution in [1.29, 1.82) is 0 Å². The molecule has 5 heteroatoms. The molecule has 0 radical (unpaired) electrons. The van der Waals surface area contributed by atoms with Crippen LogP contribution in [0.15, 0.2) is 22.7 Å². The molecular weight excluding hydrogens is 216 g/mol. The minimum atomic E-state index is -1.13. The lowest BCUT2D eigenvalue weighted by atomic mass is 10.4. The topological polar surface area (TPSA) is 74.6 Å². The van der Waals surface area contributed by atoms with E-state index in [0.717, 1.165) is 18.2 Å². The van der Waals surface area contributed by atoms with Crippen molar-refractivity contribution >= 4 is 27.9 Å². The van der Waals surface area contributed by atoms with Crippen molar-refractivity contribution in [3.63, 3.8) is 0 Å². The number of carboxylic acids is 2. The lowest BCUT2D eigenvalue weighted by molar-refractivity contribution is -0.132. The lowest BCUT2D eigenvalue weighted by Gasteiger charge is -1.83. The van der Waals surface area contributed by atoms with Crippen LogP contribution in [0.1, 0.15) is 0 Å². The van der Waals surface area contributed by atoms with Gasteiger partial charge in [-0.25, -0.2) is 9.59 Å². The second-order valence-electron chi connectivity index (χ2n) is 1.54. The van der Waals surface area contributed by atoms with Crippen LogP contribution in [0.5, 0.6) is 0 Å². The first kappa shape index (κ1) is 9.90. The zero-order valence-electron chi connectivity index (χ0n) is 5.32. The first-order chi connectivity index (χ1) is 5.02. The van der Waals surface area contributed by atoms with Crippen LogP contribution in [0, 0.1) is 0 Å². The maximum Gasteiger partial charge on any atom is 0.329 e. The number of hydrogen-bond acceptors (Lipinski definition) is 2. The molecule has 4 nitrogen and oxygen atoms in total. The summed E-state index contributed by atoms with van der Waals surface area (Å²) in [6.45, 7) is 0. The molecule has 0 fully saturated rings. The molecule has 0 atom stereocenters. The first-order valence-electron chi connectivity index (χ1n) is 2.53. The highest BCUT2D eigenvalue weighted by Gasteiger charge is 1.92. The zero-order chi connectivity index (χ0) is 8.85. The molecule has 0 bridgehead atoms. The fraction of sp³-hybridized carbons (Fsp3) is 0. The number of carboxylic acid groups (broad SMARTS) is 2. The summed E-state index contributed by atoms with van der Waals surface area (Å²) in [5, 5.41) is 16.3. The van der Waals surface area contributed by atoms with Gasteiger partial charge in [-0.1, -0.05) is 15.9 Å². The molecule has 0 unspecified atom stereocenters. The highest BCUT2D eigenvalue weighted by molar-refractivity contribution is 9.11. The van der Waals surface area contributed by atoms with Crippen molar-refractivity contribution in [2.75, 3.05) is 0 Å². The zero-order valence-corrected chi connectivity index (χ0v) is 6.91. The third-order valence-corrected chi connectivity index (χ3v) is 1.14. The Bertz CT molecular complexity index is 229. The Morgan fingerprint density at radius 3 is 2.00 bits per heavy atom. The van der Waals surface area contributed by atoms with Gasteiger partial charge in [0.25, 0.3) is 0 Å². The molecular formula is C6H5BrO4. The van der Waals surface area contributed by atoms with Gasteiger partial charge in [-0.2, -0.15) is 0 Å². The molecule has 0 aliphatic rings. The molecule has 0 saturated heterocycles. The Balaban J connectivity index is 4.17. The fourth-order valence-electron chi connectivity index (χ4n) is 0.317. The third kappa shape index (κ3) is 6.79. The van der Waals surface area contributed by atoms with E-state index in [2.05, 4.69) is 15.9 Å². The van der Waals surface area contributed by atoms with Gasteiger partial charge in [0.2, 0.25) is 0 Å². The summed E-state index contributed by atoms with van der Waals surface area (Å²) in [5.41, 5.74) is 0. The summed E-state index contributed by atoms with van der Waals surface area (Å²) in [5.74, 6) is -2.26. The van der Waals surface area contributed by atoms with Crippen LogP contribution in [-0.2, 0) is 9.59 Å². The Labute approximate surface area is 71.0 Å². The van der Waals surface area contributed by atoms with Crippen molar-refractivity contribution in [2.24, 2.45) is 0 Å². The quantitative estimate of drug-likeness (QED) is 0.550. The van der Waals surface area contributed by atoms with E-state index < -0.39 is 11.9 Å². The van der Waals surface area contributed by atoms with Gasteiger partial charge in [0, 0.05) is 16.6 Å². The van der Waals surface area contributed by atoms with Crippen LogP contribution >= 0.6 is 15.9 Å². The van der Waals surface area contributed by atoms with Gasteiger partial charge in [-0.05, 0) is 6.08 Å². The number of carbonyl (C=O) groups is 2.